The van der Waals surface area contributed by atoms with Crippen LogP contribution in [0.4, 0.5) is 0 Å². The van der Waals surface area contributed by atoms with Gasteiger partial charge in [-0.15, -0.1) is 5.10 Å². The Kier molecular flexibility index (Phi) is 20.3. The topological polar surface area (TPSA) is 300 Å². The number of fused-ring (bicyclic) bond motifs is 1. The molecular formula is C44H57N3O19. The number of carbonyl (C=O) groups is 2. The molecule has 0 spiro atoms. The minimum absolute atomic E-state index is 0.0440. The van der Waals surface area contributed by atoms with Gasteiger partial charge in [-0.2, -0.15) is 0 Å². The van der Waals surface area contributed by atoms with Crippen molar-refractivity contribution in [1.29, 1.82) is 0 Å². The third kappa shape index (κ3) is 14.7. The lowest BCUT2D eigenvalue weighted by atomic mass is 9.99. The summed E-state index contributed by atoms with van der Waals surface area (Å²) in [5.74, 6) is -2.60. The Balaban J connectivity index is 0.926. The van der Waals surface area contributed by atoms with E-state index in [4.69, 9.17) is 47.0 Å². The molecule has 0 unspecified atom stereocenters. The molecule has 1 fully saturated rings. The highest BCUT2D eigenvalue weighted by Crippen LogP contribution is 2.39. The summed E-state index contributed by atoms with van der Waals surface area (Å²) in [6.07, 6.45) is -3.91. The van der Waals surface area contributed by atoms with Gasteiger partial charge in [-0.3, -0.25) is 14.4 Å². The van der Waals surface area contributed by atoms with Crippen molar-refractivity contribution in [2.45, 2.75) is 77.0 Å². The molecule has 66 heavy (non-hydrogen) atoms. The van der Waals surface area contributed by atoms with E-state index in [1.807, 2.05) is 19.9 Å². The maximum absolute atomic E-state index is 13.8. The number of methoxy groups -OCH3 is 1. The van der Waals surface area contributed by atoms with Crippen LogP contribution in [0.2, 0.25) is 0 Å². The second kappa shape index (κ2) is 26.0. The van der Waals surface area contributed by atoms with Crippen LogP contribution in [0.25, 0.3) is 22.3 Å². The third-order valence-electron chi connectivity index (χ3n) is 9.89. The number of allylic oxidation sites excluding steroid dienone is 2. The second-order valence-electron chi connectivity index (χ2n) is 15.0. The van der Waals surface area contributed by atoms with Crippen LogP contribution < -0.4 is 14.9 Å². The average Bonchev–Trinajstić information content (AvgIpc) is 3.76. The van der Waals surface area contributed by atoms with Crippen LogP contribution in [0.15, 0.2) is 57.4 Å². The van der Waals surface area contributed by atoms with Crippen LogP contribution in [0.1, 0.15) is 37.9 Å². The maximum Gasteiger partial charge on any atom is 0.312 e. The summed E-state index contributed by atoms with van der Waals surface area (Å²) >= 11 is 0. The van der Waals surface area contributed by atoms with Crippen LogP contribution in [0, 0.1) is 0 Å². The first-order valence-electron chi connectivity index (χ1n) is 21.1. The number of nitrogens with zero attached hydrogens (tertiary/aromatic N) is 3. The minimum Gasteiger partial charge on any atom is -0.507 e. The number of rotatable bonds is 27. The van der Waals surface area contributed by atoms with Gasteiger partial charge in [-0.25, -0.2) is 4.68 Å². The van der Waals surface area contributed by atoms with Crippen LogP contribution in [0.5, 0.6) is 23.0 Å². The maximum atomic E-state index is 13.8. The van der Waals surface area contributed by atoms with E-state index in [1.54, 1.807) is 30.5 Å². The Hall–Kier alpha value is -5.53. The van der Waals surface area contributed by atoms with Gasteiger partial charge in [0, 0.05) is 17.2 Å². The summed E-state index contributed by atoms with van der Waals surface area (Å²) in [4.78, 5) is 39.2. The number of carbonyl (C=O) groups excluding carboxylic acids is 2. The summed E-state index contributed by atoms with van der Waals surface area (Å²) in [6.45, 7) is 5.36. The van der Waals surface area contributed by atoms with E-state index < -0.39 is 72.6 Å². The number of hydrogen-bond acceptors (Lipinski definition) is 21. The number of phenols is 2. The molecule has 2 aromatic carbocycles. The van der Waals surface area contributed by atoms with Crippen LogP contribution in [0.3, 0.4) is 0 Å². The van der Waals surface area contributed by atoms with Gasteiger partial charge in [0.1, 0.15) is 64.9 Å². The molecule has 22 heteroatoms. The Morgan fingerprint density at radius 3 is 2.14 bits per heavy atom. The van der Waals surface area contributed by atoms with Crippen molar-refractivity contribution in [2.24, 2.45) is 0 Å². The van der Waals surface area contributed by atoms with Gasteiger partial charge in [0.2, 0.25) is 11.2 Å². The number of aromatic hydroxyl groups is 2. The number of phenolic OH excluding ortho intramolecular Hbond substituents is 2. The van der Waals surface area contributed by atoms with Gasteiger partial charge < -0.3 is 77.7 Å². The summed E-state index contributed by atoms with van der Waals surface area (Å²) < 4.78 is 56.2. The van der Waals surface area contributed by atoms with Gasteiger partial charge in [-0.05, 0) is 44.5 Å². The summed E-state index contributed by atoms with van der Waals surface area (Å²) in [5.41, 5.74) is 1.16. The molecule has 5 atom stereocenters. The zero-order valence-corrected chi connectivity index (χ0v) is 36.9. The zero-order valence-electron chi connectivity index (χ0n) is 36.9. The fourth-order valence-corrected chi connectivity index (χ4v) is 6.37. The van der Waals surface area contributed by atoms with E-state index in [2.05, 4.69) is 10.3 Å². The molecule has 6 N–H and O–H groups in total. The Bertz CT molecular complexity index is 2260. The van der Waals surface area contributed by atoms with Gasteiger partial charge in [0.15, 0.2) is 12.1 Å². The Morgan fingerprint density at radius 1 is 0.833 bits per heavy atom. The standard InChI is InChI=1S/C44H57N3O19/c1-26(2)4-9-30-31(49)22-32(50)36-38(54)43(41(66-42(30)36)27-5-7-29(57-3)8-6-27)65-35(52)11-10-34(51)62-21-20-60-17-16-58-14-15-59-18-19-61-25-28-23-47(46-45-28)12-13-63-44-40(56)39(55)37(53)33(24-48)64-44/h4-8,22-23,33,37,39-40,44,48-50,53,55-56H,9-21,24-25H2,1-3H3/t33-,37-,39+,40-,44-/m0/s1. The Labute approximate surface area is 378 Å². The highest BCUT2D eigenvalue weighted by Gasteiger charge is 2.44. The van der Waals surface area contributed by atoms with Crippen molar-refractivity contribution < 1.29 is 87.3 Å². The van der Waals surface area contributed by atoms with Crippen molar-refractivity contribution in [1.82, 2.24) is 15.0 Å². The molecule has 0 amide bonds. The Morgan fingerprint density at radius 2 is 1.48 bits per heavy atom. The van der Waals surface area contributed by atoms with Crippen molar-refractivity contribution >= 4 is 22.9 Å². The van der Waals surface area contributed by atoms with E-state index >= 15 is 0 Å². The molecule has 1 saturated heterocycles. The van der Waals surface area contributed by atoms with E-state index in [1.165, 1.54) is 11.8 Å². The molecule has 4 aromatic rings. The number of hydrogen-bond donors (Lipinski definition) is 6. The number of aliphatic hydroxyl groups is 4. The molecule has 5 rings (SSSR count). The fourth-order valence-electron chi connectivity index (χ4n) is 6.37. The van der Waals surface area contributed by atoms with Crippen molar-refractivity contribution in [2.75, 3.05) is 73.2 Å². The number of aliphatic hydroxyl groups excluding tert-OH is 4. The normalized spacial score (nSPS) is 18.3. The van der Waals surface area contributed by atoms with E-state index in [0.717, 1.165) is 11.6 Å². The summed E-state index contributed by atoms with van der Waals surface area (Å²) in [7, 11) is 1.49. The zero-order chi connectivity index (χ0) is 47.6. The quantitative estimate of drug-likeness (QED) is 0.0279. The van der Waals surface area contributed by atoms with Crippen LogP contribution >= 0.6 is 0 Å². The van der Waals surface area contributed by atoms with Crippen molar-refractivity contribution in [3.8, 4) is 34.3 Å². The first kappa shape index (κ1) is 51.5. The SMILES string of the molecule is COc1ccc(-c2oc3c(CC=C(C)C)c(O)cc(O)c3c(=O)c2OC(=O)CCC(=O)OCCOCCOCCOCCOCc2cn(CCO[C@H]3O[C@@H](CO)[C@H](O)[C@@H](O)[C@@H]3O)nn2)cc1. The largest absolute Gasteiger partial charge is 0.507 e. The number of benzene rings is 2. The fraction of sp³-hybridized carbons (Fsp3) is 0.523. The minimum atomic E-state index is -1.52. The predicted octanol–water partition coefficient (Wildman–Crippen LogP) is 1.29. The number of aromatic nitrogens is 3. The molecule has 362 valence electrons. The summed E-state index contributed by atoms with van der Waals surface area (Å²) in [5, 5.41) is 68.2. The van der Waals surface area contributed by atoms with Gasteiger partial charge >= 0.3 is 11.9 Å². The number of ether oxygens (including phenoxy) is 9. The smallest absolute Gasteiger partial charge is 0.312 e. The lowest BCUT2D eigenvalue weighted by Gasteiger charge is -2.39. The van der Waals surface area contributed by atoms with E-state index in [-0.39, 0.29) is 87.1 Å². The van der Waals surface area contributed by atoms with Crippen LogP contribution in [-0.4, -0.2) is 161 Å². The average molecular weight is 932 g/mol. The molecule has 1 aliphatic heterocycles. The van der Waals surface area contributed by atoms with Crippen molar-refractivity contribution in [3.63, 3.8) is 0 Å². The molecule has 3 heterocycles. The van der Waals surface area contributed by atoms with Crippen LogP contribution in [-0.2, 0) is 62.3 Å². The molecular weight excluding hydrogens is 874 g/mol. The molecule has 0 radical (unpaired) electrons. The highest BCUT2D eigenvalue weighted by atomic mass is 16.7. The lowest BCUT2D eigenvalue weighted by Crippen LogP contribution is -2.59. The predicted molar refractivity (Wildman–Crippen MR) is 229 cm³/mol. The van der Waals surface area contributed by atoms with Gasteiger partial charge in [-0.1, -0.05) is 16.9 Å². The molecule has 0 aliphatic carbocycles. The second-order valence-corrected chi connectivity index (χ2v) is 15.0. The molecule has 0 saturated carbocycles. The number of esters is 2. The van der Waals surface area contributed by atoms with Gasteiger partial charge in [0.25, 0.3) is 0 Å². The van der Waals surface area contributed by atoms with E-state index in [0.29, 0.717) is 43.4 Å². The highest BCUT2D eigenvalue weighted by molar-refractivity contribution is 5.92. The lowest BCUT2D eigenvalue weighted by molar-refractivity contribution is -0.301. The molecule has 22 nitrogen and oxygen atoms in total. The van der Waals surface area contributed by atoms with E-state index in [9.17, 15) is 45.0 Å². The molecule has 2 aromatic heterocycles. The first-order chi connectivity index (χ1) is 31.8. The third-order valence-corrected chi connectivity index (χ3v) is 9.89. The van der Waals surface area contributed by atoms with Gasteiger partial charge in [0.05, 0.1) is 98.8 Å². The molecule has 1 aliphatic rings. The monoisotopic (exact) mass is 931 g/mol. The van der Waals surface area contributed by atoms with Crippen molar-refractivity contribution in [3.05, 3.63) is 69.7 Å². The molecule has 0 bridgehead atoms. The summed E-state index contributed by atoms with van der Waals surface area (Å²) in [6, 6.07) is 7.43. The first-order valence-corrected chi connectivity index (χ1v) is 21.1.